The molecule has 146 valence electrons. The van der Waals surface area contributed by atoms with E-state index < -0.39 is 15.9 Å². The van der Waals surface area contributed by atoms with Gasteiger partial charge in [-0.1, -0.05) is 19.1 Å². The van der Waals surface area contributed by atoms with Crippen molar-refractivity contribution in [3.8, 4) is 5.75 Å². The Morgan fingerprint density at radius 2 is 2.04 bits per heavy atom. The Bertz CT molecular complexity index is 858. The van der Waals surface area contributed by atoms with E-state index in [0.717, 1.165) is 6.42 Å². The molecule has 1 saturated heterocycles. The van der Waals surface area contributed by atoms with Crippen LogP contribution in [0.15, 0.2) is 47.1 Å². The van der Waals surface area contributed by atoms with Gasteiger partial charge in [0, 0.05) is 6.04 Å². The lowest BCUT2D eigenvalue weighted by Crippen LogP contribution is -2.46. The molecule has 2 heterocycles. The van der Waals surface area contributed by atoms with E-state index in [-0.39, 0.29) is 30.0 Å². The zero-order valence-electron chi connectivity index (χ0n) is 15.6. The van der Waals surface area contributed by atoms with Crippen LogP contribution in [0, 0.1) is 0 Å². The number of benzene rings is 1. The molecule has 27 heavy (non-hydrogen) atoms. The molecule has 0 aliphatic carbocycles. The maximum Gasteiger partial charge on any atom is 0.264 e. The normalized spacial score (nSPS) is 19.6. The second-order valence-corrected chi connectivity index (χ2v) is 9.09. The van der Waals surface area contributed by atoms with Crippen LogP contribution in [-0.4, -0.2) is 42.9 Å². The molecule has 1 amide bonds. The van der Waals surface area contributed by atoms with Gasteiger partial charge >= 0.3 is 0 Å². The summed E-state index contributed by atoms with van der Waals surface area (Å²) in [5.41, 5.74) is 1.19. The summed E-state index contributed by atoms with van der Waals surface area (Å²) in [5.74, 6) is 1.08. The summed E-state index contributed by atoms with van der Waals surface area (Å²) in [4.78, 5) is 14.6. The molecule has 1 aliphatic heterocycles. The molecule has 6 nitrogen and oxygen atoms in total. The Labute approximate surface area is 160 Å². The SMILES string of the molecule is CCc1ccc(O[C@@H](C)C(=O)N(Cc2ccco2)[C@@H]2CCS(=O)(=O)C2)cc1. The van der Waals surface area contributed by atoms with Crippen molar-refractivity contribution in [2.24, 2.45) is 0 Å². The van der Waals surface area contributed by atoms with Gasteiger partial charge < -0.3 is 14.1 Å². The average Bonchev–Trinajstić information content (AvgIpc) is 3.28. The maximum absolute atomic E-state index is 13.1. The van der Waals surface area contributed by atoms with Gasteiger partial charge in [-0.15, -0.1) is 0 Å². The third-order valence-corrected chi connectivity index (χ3v) is 6.58. The van der Waals surface area contributed by atoms with Crippen molar-refractivity contribution in [1.29, 1.82) is 0 Å². The number of hydrogen-bond acceptors (Lipinski definition) is 5. The predicted octanol–water partition coefficient (Wildman–Crippen LogP) is 2.83. The van der Waals surface area contributed by atoms with Crippen molar-refractivity contribution in [3.63, 3.8) is 0 Å². The molecule has 1 aromatic carbocycles. The number of furan rings is 1. The molecule has 0 radical (unpaired) electrons. The largest absolute Gasteiger partial charge is 0.481 e. The van der Waals surface area contributed by atoms with E-state index in [1.165, 1.54) is 5.56 Å². The van der Waals surface area contributed by atoms with Gasteiger partial charge in [0.05, 0.1) is 24.3 Å². The van der Waals surface area contributed by atoms with Crippen LogP contribution < -0.4 is 4.74 Å². The maximum atomic E-state index is 13.1. The highest BCUT2D eigenvalue weighted by Crippen LogP contribution is 2.23. The molecule has 7 heteroatoms. The zero-order chi connectivity index (χ0) is 19.4. The topological polar surface area (TPSA) is 76.8 Å². The van der Waals surface area contributed by atoms with Crippen LogP contribution in [0.3, 0.4) is 0 Å². The predicted molar refractivity (Wildman–Crippen MR) is 102 cm³/mol. The van der Waals surface area contributed by atoms with E-state index in [9.17, 15) is 13.2 Å². The number of ether oxygens (including phenoxy) is 1. The summed E-state index contributed by atoms with van der Waals surface area (Å²) in [6.07, 6.45) is 2.18. The summed E-state index contributed by atoms with van der Waals surface area (Å²) in [5, 5.41) is 0. The minimum absolute atomic E-state index is 0.0165. The highest BCUT2D eigenvalue weighted by Gasteiger charge is 2.37. The quantitative estimate of drug-likeness (QED) is 0.725. The minimum atomic E-state index is -3.11. The summed E-state index contributed by atoms with van der Waals surface area (Å²) < 4.78 is 35.0. The molecular weight excluding hydrogens is 366 g/mol. The van der Waals surface area contributed by atoms with Crippen molar-refractivity contribution < 1.29 is 22.4 Å². The Morgan fingerprint density at radius 3 is 2.59 bits per heavy atom. The van der Waals surface area contributed by atoms with Gasteiger partial charge in [-0.2, -0.15) is 0 Å². The Morgan fingerprint density at radius 1 is 1.30 bits per heavy atom. The fourth-order valence-corrected chi connectivity index (χ4v) is 5.00. The second-order valence-electron chi connectivity index (χ2n) is 6.86. The molecule has 2 aromatic rings. The number of rotatable bonds is 7. The summed E-state index contributed by atoms with van der Waals surface area (Å²) >= 11 is 0. The van der Waals surface area contributed by atoms with E-state index >= 15 is 0 Å². The number of aryl methyl sites for hydroxylation is 1. The molecule has 1 aromatic heterocycles. The third-order valence-electron chi connectivity index (χ3n) is 4.83. The summed E-state index contributed by atoms with van der Waals surface area (Å²) in [6.45, 7) is 3.99. The van der Waals surface area contributed by atoms with E-state index in [1.54, 1.807) is 30.2 Å². The van der Waals surface area contributed by atoms with Crippen molar-refractivity contribution in [2.75, 3.05) is 11.5 Å². The zero-order valence-corrected chi connectivity index (χ0v) is 16.4. The molecule has 1 aliphatic rings. The standard InChI is InChI=1S/C20H25NO5S/c1-3-16-6-8-18(9-7-16)26-15(2)20(22)21(13-19-5-4-11-25-19)17-10-12-27(23,24)14-17/h4-9,11,15,17H,3,10,12-14H2,1-2H3/t15-,17+/m0/s1. The van der Waals surface area contributed by atoms with E-state index in [4.69, 9.17) is 9.15 Å². The smallest absolute Gasteiger partial charge is 0.264 e. The van der Waals surface area contributed by atoms with Crippen molar-refractivity contribution in [3.05, 3.63) is 54.0 Å². The lowest BCUT2D eigenvalue weighted by atomic mass is 10.1. The summed E-state index contributed by atoms with van der Waals surface area (Å²) in [7, 11) is -3.11. The van der Waals surface area contributed by atoms with Crippen LogP contribution >= 0.6 is 0 Å². The number of nitrogens with zero attached hydrogens (tertiary/aromatic N) is 1. The molecule has 0 saturated carbocycles. The van der Waals surface area contributed by atoms with Gasteiger partial charge in [-0.05, 0) is 49.6 Å². The molecule has 0 unspecified atom stereocenters. The van der Waals surface area contributed by atoms with Gasteiger partial charge in [0.2, 0.25) is 0 Å². The lowest BCUT2D eigenvalue weighted by Gasteiger charge is -2.30. The highest BCUT2D eigenvalue weighted by molar-refractivity contribution is 7.91. The summed E-state index contributed by atoms with van der Waals surface area (Å²) in [6, 6.07) is 10.8. The van der Waals surface area contributed by atoms with Crippen LogP contribution in [0.4, 0.5) is 0 Å². The third kappa shape index (κ3) is 4.91. The minimum Gasteiger partial charge on any atom is -0.481 e. The fourth-order valence-electron chi connectivity index (χ4n) is 3.27. The van der Waals surface area contributed by atoms with Crippen LogP contribution in [-0.2, 0) is 27.6 Å². The van der Waals surface area contributed by atoms with Crippen LogP contribution in [0.5, 0.6) is 5.75 Å². The van der Waals surface area contributed by atoms with Crippen molar-refractivity contribution >= 4 is 15.7 Å². The lowest BCUT2D eigenvalue weighted by molar-refractivity contribution is -0.140. The van der Waals surface area contributed by atoms with Gasteiger partial charge in [-0.3, -0.25) is 4.79 Å². The molecule has 3 rings (SSSR count). The Hall–Kier alpha value is -2.28. The first-order valence-corrected chi connectivity index (χ1v) is 11.0. The fraction of sp³-hybridized carbons (Fsp3) is 0.450. The van der Waals surface area contributed by atoms with Crippen LogP contribution in [0.1, 0.15) is 31.6 Å². The van der Waals surface area contributed by atoms with Gasteiger partial charge in [0.15, 0.2) is 15.9 Å². The molecule has 0 N–H and O–H groups in total. The molecule has 0 bridgehead atoms. The molecule has 0 spiro atoms. The molecule has 1 fully saturated rings. The average molecular weight is 391 g/mol. The number of sulfone groups is 1. The van der Waals surface area contributed by atoms with Crippen molar-refractivity contribution in [2.45, 2.75) is 45.4 Å². The van der Waals surface area contributed by atoms with Crippen molar-refractivity contribution in [1.82, 2.24) is 4.90 Å². The Balaban J connectivity index is 1.74. The highest BCUT2D eigenvalue weighted by atomic mass is 32.2. The van der Waals surface area contributed by atoms with E-state index in [2.05, 4.69) is 6.92 Å². The molecular formula is C20H25NO5S. The number of carbonyl (C=O) groups excluding carboxylic acids is 1. The number of carbonyl (C=O) groups is 1. The monoisotopic (exact) mass is 391 g/mol. The first kappa shape index (κ1) is 19.5. The van der Waals surface area contributed by atoms with E-state index in [1.807, 2.05) is 24.3 Å². The first-order chi connectivity index (χ1) is 12.9. The molecule has 2 atom stereocenters. The number of amides is 1. The van der Waals surface area contributed by atoms with Gasteiger partial charge in [0.25, 0.3) is 5.91 Å². The van der Waals surface area contributed by atoms with Gasteiger partial charge in [-0.25, -0.2) is 8.42 Å². The number of hydrogen-bond donors (Lipinski definition) is 0. The van der Waals surface area contributed by atoms with Crippen LogP contribution in [0.25, 0.3) is 0 Å². The first-order valence-electron chi connectivity index (χ1n) is 9.17. The van der Waals surface area contributed by atoms with Crippen LogP contribution in [0.2, 0.25) is 0 Å². The Kier molecular flexibility index (Phi) is 5.89. The van der Waals surface area contributed by atoms with Gasteiger partial charge in [0.1, 0.15) is 11.5 Å². The second kappa shape index (κ2) is 8.17. The van der Waals surface area contributed by atoms with E-state index in [0.29, 0.717) is 17.9 Å².